The third-order valence-electron chi connectivity index (χ3n) is 5.21. The fraction of sp³-hybridized carbons (Fsp3) is 0.348. The molecule has 29 heavy (non-hydrogen) atoms. The lowest BCUT2D eigenvalue weighted by Crippen LogP contribution is -2.32. The van der Waals surface area contributed by atoms with Crippen molar-refractivity contribution in [2.45, 2.75) is 32.7 Å². The summed E-state index contributed by atoms with van der Waals surface area (Å²) >= 11 is 0. The lowest BCUT2D eigenvalue weighted by Gasteiger charge is -2.30. The van der Waals surface area contributed by atoms with Gasteiger partial charge in [-0.3, -0.25) is 19.8 Å². The molecule has 2 aromatic carbocycles. The van der Waals surface area contributed by atoms with Crippen molar-refractivity contribution in [2.24, 2.45) is 5.92 Å². The van der Waals surface area contributed by atoms with E-state index in [-0.39, 0.29) is 17.3 Å². The van der Waals surface area contributed by atoms with Crippen molar-refractivity contribution >= 4 is 17.3 Å². The van der Waals surface area contributed by atoms with Crippen molar-refractivity contribution < 1.29 is 9.72 Å². The number of benzene rings is 2. The first kappa shape index (κ1) is 20.7. The van der Waals surface area contributed by atoms with Gasteiger partial charge in [-0.15, -0.1) is 0 Å². The molecule has 0 radical (unpaired) electrons. The third-order valence-corrected chi connectivity index (χ3v) is 5.21. The first-order valence-corrected chi connectivity index (χ1v) is 9.99. The number of hydrogen-bond acceptors (Lipinski definition) is 4. The number of nitrogens with one attached hydrogen (secondary N) is 1. The topological polar surface area (TPSA) is 75.5 Å². The molecular formula is C23H27N3O3. The van der Waals surface area contributed by atoms with E-state index in [2.05, 4.69) is 46.6 Å². The maximum atomic E-state index is 11.3. The van der Waals surface area contributed by atoms with E-state index in [9.17, 15) is 14.9 Å². The van der Waals surface area contributed by atoms with Gasteiger partial charge in [0.1, 0.15) is 5.69 Å². The number of amides is 1. The van der Waals surface area contributed by atoms with Crippen molar-refractivity contribution in [1.29, 1.82) is 0 Å². The number of anilines is 1. The highest BCUT2D eigenvalue weighted by molar-refractivity contribution is 5.91. The van der Waals surface area contributed by atoms with E-state index in [1.54, 1.807) is 6.07 Å². The van der Waals surface area contributed by atoms with Gasteiger partial charge in [0, 0.05) is 19.5 Å². The van der Waals surface area contributed by atoms with Gasteiger partial charge in [0.2, 0.25) is 5.91 Å². The van der Waals surface area contributed by atoms with Crippen molar-refractivity contribution in [3.05, 3.63) is 81.9 Å². The number of piperidine rings is 1. The summed E-state index contributed by atoms with van der Waals surface area (Å²) in [4.78, 5) is 24.5. The zero-order valence-corrected chi connectivity index (χ0v) is 16.7. The Morgan fingerprint density at radius 3 is 2.55 bits per heavy atom. The van der Waals surface area contributed by atoms with E-state index in [0.717, 1.165) is 38.0 Å². The SMILES string of the molecule is CC(=O)Nc1ccc(CC=CC2CCN(Cc3ccccc3)CC2)cc1[N+](=O)[O-]. The van der Waals surface area contributed by atoms with Gasteiger partial charge in [0.15, 0.2) is 0 Å². The maximum Gasteiger partial charge on any atom is 0.293 e. The molecule has 1 N–H and O–H groups in total. The number of rotatable bonds is 7. The number of carbonyl (C=O) groups excluding carboxylic acids is 1. The molecule has 1 heterocycles. The van der Waals surface area contributed by atoms with Gasteiger partial charge in [0.05, 0.1) is 4.92 Å². The standard InChI is InChI=1S/C23H27N3O3/c1-18(27)24-22-11-10-20(16-23(22)26(28)29)9-5-8-19-12-14-25(15-13-19)17-21-6-3-2-4-7-21/h2-8,10-11,16,19H,9,12-15,17H2,1H3,(H,24,27). The van der Waals surface area contributed by atoms with Crippen LogP contribution in [0.25, 0.3) is 0 Å². The first-order valence-electron chi connectivity index (χ1n) is 9.99. The minimum absolute atomic E-state index is 0.0691. The number of nitro benzene ring substituents is 1. The lowest BCUT2D eigenvalue weighted by atomic mass is 9.95. The van der Waals surface area contributed by atoms with Crippen LogP contribution >= 0.6 is 0 Å². The van der Waals surface area contributed by atoms with Crippen molar-refractivity contribution in [2.75, 3.05) is 18.4 Å². The van der Waals surface area contributed by atoms with Crippen LogP contribution in [0.15, 0.2) is 60.7 Å². The van der Waals surface area contributed by atoms with E-state index in [1.807, 2.05) is 12.1 Å². The van der Waals surface area contributed by atoms with Crippen molar-refractivity contribution in [1.82, 2.24) is 4.90 Å². The first-order chi connectivity index (χ1) is 14.0. The maximum absolute atomic E-state index is 11.3. The molecule has 1 fully saturated rings. The molecule has 6 nitrogen and oxygen atoms in total. The van der Waals surface area contributed by atoms with Gasteiger partial charge in [-0.2, -0.15) is 0 Å². The fourth-order valence-electron chi connectivity index (χ4n) is 3.69. The van der Waals surface area contributed by atoms with E-state index in [4.69, 9.17) is 0 Å². The van der Waals surface area contributed by atoms with Gasteiger partial charge < -0.3 is 5.32 Å². The molecule has 1 saturated heterocycles. The minimum Gasteiger partial charge on any atom is -0.321 e. The monoisotopic (exact) mass is 393 g/mol. The molecule has 0 atom stereocenters. The van der Waals surface area contributed by atoms with E-state index >= 15 is 0 Å². The smallest absolute Gasteiger partial charge is 0.293 e. The molecule has 0 unspecified atom stereocenters. The molecule has 0 aliphatic carbocycles. The largest absolute Gasteiger partial charge is 0.321 e. The zero-order valence-electron chi connectivity index (χ0n) is 16.7. The summed E-state index contributed by atoms with van der Waals surface area (Å²) in [5.74, 6) is 0.231. The van der Waals surface area contributed by atoms with Gasteiger partial charge in [-0.1, -0.05) is 48.6 Å². The zero-order chi connectivity index (χ0) is 20.6. The predicted octanol–water partition coefficient (Wildman–Crippen LogP) is 4.56. The highest BCUT2D eigenvalue weighted by atomic mass is 16.6. The minimum atomic E-state index is -0.457. The predicted molar refractivity (Wildman–Crippen MR) is 115 cm³/mol. The molecule has 0 spiro atoms. The number of carbonyl (C=O) groups is 1. The number of nitrogens with zero attached hydrogens (tertiary/aromatic N) is 2. The third kappa shape index (κ3) is 6.26. The van der Waals surface area contributed by atoms with Crippen LogP contribution in [0.2, 0.25) is 0 Å². The Hall–Kier alpha value is -2.99. The summed E-state index contributed by atoms with van der Waals surface area (Å²) in [5.41, 5.74) is 2.38. The number of nitro groups is 1. The molecule has 0 aromatic heterocycles. The van der Waals surface area contributed by atoms with Crippen LogP contribution < -0.4 is 5.32 Å². The Labute approximate surface area is 171 Å². The molecule has 0 bridgehead atoms. The summed E-state index contributed by atoms with van der Waals surface area (Å²) in [6, 6.07) is 15.5. The van der Waals surface area contributed by atoms with Crippen LogP contribution in [-0.4, -0.2) is 28.8 Å². The van der Waals surface area contributed by atoms with E-state index in [0.29, 0.717) is 12.3 Å². The Kier molecular flexibility index (Phi) is 7.14. The van der Waals surface area contributed by atoms with Gasteiger partial charge in [0.25, 0.3) is 5.69 Å². The molecule has 3 rings (SSSR count). The summed E-state index contributed by atoms with van der Waals surface area (Å²) in [7, 11) is 0. The Bertz CT molecular complexity index is 872. The Morgan fingerprint density at radius 2 is 1.90 bits per heavy atom. The van der Waals surface area contributed by atoms with Gasteiger partial charge in [-0.05, 0) is 55.5 Å². The quantitative estimate of drug-likeness (QED) is 0.425. The van der Waals surface area contributed by atoms with Crippen LogP contribution in [-0.2, 0) is 17.8 Å². The molecule has 1 amide bonds. The summed E-state index contributed by atoms with van der Waals surface area (Å²) in [5, 5.41) is 13.8. The summed E-state index contributed by atoms with van der Waals surface area (Å²) in [6.07, 6.45) is 7.25. The highest BCUT2D eigenvalue weighted by Crippen LogP contribution is 2.26. The highest BCUT2D eigenvalue weighted by Gasteiger charge is 2.18. The number of hydrogen-bond donors (Lipinski definition) is 1. The lowest BCUT2D eigenvalue weighted by molar-refractivity contribution is -0.384. The Morgan fingerprint density at radius 1 is 1.17 bits per heavy atom. The molecular weight excluding hydrogens is 366 g/mol. The average molecular weight is 393 g/mol. The van der Waals surface area contributed by atoms with Crippen molar-refractivity contribution in [3.63, 3.8) is 0 Å². The molecule has 1 aliphatic rings. The number of allylic oxidation sites excluding steroid dienone is 2. The normalized spacial score (nSPS) is 15.5. The second kappa shape index (κ2) is 9.98. The molecule has 2 aromatic rings. The van der Waals surface area contributed by atoms with Crippen LogP contribution in [0.1, 0.15) is 30.9 Å². The van der Waals surface area contributed by atoms with Crippen molar-refractivity contribution in [3.8, 4) is 0 Å². The summed E-state index contributed by atoms with van der Waals surface area (Å²) in [6.45, 7) is 4.51. The van der Waals surface area contributed by atoms with Crippen LogP contribution in [0, 0.1) is 16.0 Å². The molecule has 0 saturated carbocycles. The second-order valence-electron chi connectivity index (χ2n) is 7.52. The fourth-order valence-corrected chi connectivity index (χ4v) is 3.69. The van der Waals surface area contributed by atoms with Crippen LogP contribution in [0.5, 0.6) is 0 Å². The van der Waals surface area contributed by atoms with E-state index < -0.39 is 4.92 Å². The van der Waals surface area contributed by atoms with Crippen LogP contribution in [0.3, 0.4) is 0 Å². The van der Waals surface area contributed by atoms with Gasteiger partial charge in [-0.25, -0.2) is 0 Å². The van der Waals surface area contributed by atoms with Crippen LogP contribution in [0.4, 0.5) is 11.4 Å². The molecule has 6 heteroatoms. The molecule has 1 aliphatic heterocycles. The second-order valence-corrected chi connectivity index (χ2v) is 7.52. The van der Waals surface area contributed by atoms with E-state index in [1.165, 1.54) is 18.6 Å². The number of likely N-dealkylation sites (tertiary alicyclic amines) is 1. The molecule has 152 valence electrons. The van der Waals surface area contributed by atoms with Gasteiger partial charge >= 0.3 is 0 Å². The average Bonchev–Trinajstić information content (AvgIpc) is 2.70. The summed E-state index contributed by atoms with van der Waals surface area (Å²) < 4.78 is 0. The Balaban J connectivity index is 1.51.